The fraction of sp³-hybridized carbons (Fsp3) is 0.567. The highest BCUT2D eigenvalue weighted by Gasteiger charge is 2.29. The van der Waals surface area contributed by atoms with Gasteiger partial charge in [0.1, 0.15) is 23.1 Å². The van der Waals surface area contributed by atoms with Crippen molar-refractivity contribution in [2.75, 3.05) is 20.2 Å². The van der Waals surface area contributed by atoms with Crippen molar-refractivity contribution in [2.45, 2.75) is 91.2 Å². The summed E-state index contributed by atoms with van der Waals surface area (Å²) in [5.41, 5.74) is 4.01. The summed E-state index contributed by atoms with van der Waals surface area (Å²) in [7, 11) is 1.76. The molecule has 1 aliphatic heterocycles. The van der Waals surface area contributed by atoms with Gasteiger partial charge in [-0.2, -0.15) is 0 Å². The summed E-state index contributed by atoms with van der Waals surface area (Å²) in [5.74, 6) is 2.23. The molecule has 1 N–H and O–H groups in total. The first-order chi connectivity index (χ1) is 17.8. The molecule has 0 bridgehead atoms. The fourth-order valence-corrected chi connectivity index (χ4v) is 6.24. The Morgan fingerprint density at radius 2 is 1.71 bits per heavy atom. The Kier molecular flexibility index (Phi) is 8.05. The van der Waals surface area contributed by atoms with Crippen LogP contribution in [0.3, 0.4) is 0 Å². The molecule has 7 nitrogen and oxygen atoms in total. The largest absolute Gasteiger partial charge is 0.496 e. The number of amides is 1. The number of ether oxygens (including phenoxy) is 1. The first kappa shape index (κ1) is 28.3. The van der Waals surface area contributed by atoms with Crippen molar-refractivity contribution in [3.8, 4) is 16.3 Å². The molecule has 0 saturated carbocycles. The second kappa shape index (κ2) is 10.8. The van der Waals surface area contributed by atoms with Crippen LogP contribution in [-0.4, -0.2) is 50.6 Å². The summed E-state index contributed by atoms with van der Waals surface area (Å²) < 4.78 is 7.76. The number of rotatable bonds is 6. The van der Waals surface area contributed by atoms with Crippen LogP contribution in [0.4, 0.5) is 0 Å². The van der Waals surface area contributed by atoms with Crippen molar-refractivity contribution in [3.05, 3.63) is 52.0 Å². The number of imidazole rings is 1. The van der Waals surface area contributed by atoms with E-state index in [2.05, 4.69) is 58.7 Å². The Bertz CT molecular complexity index is 1250. The molecule has 206 valence electrons. The lowest BCUT2D eigenvalue weighted by molar-refractivity contribution is -0.132. The van der Waals surface area contributed by atoms with Crippen molar-refractivity contribution in [1.29, 1.82) is 0 Å². The molecule has 1 amide bonds. The summed E-state index contributed by atoms with van der Waals surface area (Å²) in [6.07, 6.45) is 5.65. The first-order valence-corrected chi connectivity index (χ1v) is 14.2. The normalized spacial score (nSPS) is 15.2. The van der Waals surface area contributed by atoms with Gasteiger partial charge in [-0.15, -0.1) is 11.3 Å². The predicted octanol–water partition coefficient (Wildman–Crippen LogP) is 5.82. The Morgan fingerprint density at radius 3 is 2.21 bits per heavy atom. The van der Waals surface area contributed by atoms with E-state index in [0.29, 0.717) is 11.6 Å². The van der Waals surface area contributed by atoms with E-state index in [1.165, 1.54) is 16.0 Å². The van der Waals surface area contributed by atoms with E-state index in [-0.39, 0.29) is 29.9 Å². The Balaban J connectivity index is 1.50. The number of aliphatic hydroxyl groups is 1. The van der Waals surface area contributed by atoms with Gasteiger partial charge in [0.15, 0.2) is 0 Å². The van der Waals surface area contributed by atoms with Crippen LogP contribution < -0.4 is 4.74 Å². The number of thiazole rings is 1. The third-order valence-corrected chi connectivity index (χ3v) is 8.63. The van der Waals surface area contributed by atoms with Crippen LogP contribution in [0.1, 0.15) is 87.8 Å². The summed E-state index contributed by atoms with van der Waals surface area (Å²) in [6.45, 7) is 16.8. The van der Waals surface area contributed by atoms with Gasteiger partial charge in [-0.3, -0.25) is 4.79 Å². The van der Waals surface area contributed by atoms with E-state index >= 15 is 0 Å². The topological polar surface area (TPSA) is 80.5 Å². The fourth-order valence-electron chi connectivity index (χ4n) is 5.16. The average Bonchev–Trinajstić information content (AvgIpc) is 3.49. The maximum absolute atomic E-state index is 12.9. The molecule has 4 rings (SSSR count). The highest BCUT2D eigenvalue weighted by molar-refractivity contribution is 7.15. The summed E-state index contributed by atoms with van der Waals surface area (Å²) >= 11 is 1.77. The Hall–Kier alpha value is -2.71. The second-order valence-corrected chi connectivity index (χ2v) is 13.5. The van der Waals surface area contributed by atoms with E-state index in [4.69, 9.17) is 9.72 Å². The number of carbonyl (C=O) groups excluding carboxylic acids is 1. The van der Waals surface area contributed by atoms with Crippen LogP contribution in [0.15, 0.2) is 24.5 Å². The minimum absolute atomic E-state index is 0.0598. The van der Waals surface area contributed by atoms with Gasteiger partial charge in [0.2, 0.25) is 5.91 Å². The lowest BCUT2D eigenvalue weighted by atomic mass is 9.78. The van der Waals surface area contributed by atoms with Crippen LogP contribution in [0.5, 0.6) is 5.75 Å². The number of nitrogens with zero attached hydrogens (tertiary/aromatic N) is 4. The van der Waals surface area contributed by atoms with Crippen LogP contribution in [0.25, 0.3) is 10.6 Å². The van der Waals surface area contributed by atoms with E-state index in [0.717, 1.165) is 48.1 Å². The molecular formula is C30H42N4O3S. The van der Waals surface area contributed by atoms with Crippen molar-refractivity contribution in [3.63, 3.8) is 0 Å². The van der Waals surface area contributed by atoms with Gasteiger partial charge in [0.25, 0.3) is 0 Å². The van der Waals surface area contributed by atoms with Gasteiger partial charge in [-0.05, 0) is 48.6 Å². The molecule has 1 saturated heterocycles. The molecule has 0 atom stereocenters. The predicted molar refractivity (Wildman–Crippen MR) is 153 cm³/mol. The molecule has 0 radical (unpaired) electrons. The van der Waals surface area contributed by atoms with Gasteiger partial charge in [-0.1, -0.05) is 41.5 Å². The molecule has 8 heteroatoms. The summed E-state index contributed by atoms with van der Waals surface area (Å²) in [5, 5.41) is 10.3. The Morgan fingerprint density at radius 1 is 1.11 bits per heavy atom. The number of aliphatic hydroxyl groups excluding tert-OH is 1. The van der Waals surface area contributed by atoms with Gasteiger partial charge in [-0.25, -0.2) is 9.97 Å². The number of aryl methyl sites for hydroxylation is 1. The van der Waals surface area contributed by atoms with Crippen LogP contribution >= 0.6 is 11.3 Å². The highest BCUT2D eigenvalue weighted by Crippen LogP contribution is 2.44. The average molecular weight is 539 g/mol. The maximum atomic E-state index is 12.9. The van der Waals surface area contributed by atoms with Gasteiger partial charge in [0, 0.05) is 47.1 Å². The number of methoxy groups -OCH3 is 1. The van der Waals surface area contributed by atoms with Crippen LogP contribution in [-0.2, 0) is 28.8 Å². The summed E-state index contributed by atoms with van der Waals surface area (Å²) in [4.78, 5) is 25.3. The highest BCUT2D eigenvalue weighted by atomic mass is 32.1. The lowest BCUT2D eigenvalue weighted by Crippen LogP contribution is -2.39. The van der Waals surface area contributed by atoms with Crippen molar-refractivity contribution in [1.82, 2.24) is 19.4 Å². The van der Waals surface area contributed by atoms with E-state index < -0.39 is 0 Å². The standard InChI is InChI=1S/C30H42N4O3S/c1-19-32-22(18-35)16-34(19)17-26(36)33-11-9-20(10-12-33)25-15-31-28(38-25)21-13-23(29(2,3)4)27(37-8)24(14-21)30(5,6)7/h13-16,20,35H,9-12,17-18H2,1-8H3. The molecule has 2 aromatic heterocycles. The van der Waals surface area contributed by atoms with E-state index in [1.807, 2.05) is 22.6 Å². The molecule has 0 unspecified atom stereocenters. The van der Waals surface area contributed by atoms with Crippen molar-refractivity contribution >= 4 is 17.2 Å². The molecule has 0 spiro atoms. The number of likely N-dealkylation sites (tertiary alicyclic amines) is 1. The molecule has 1 fully saturated rings. The van der Waals surface area contributed by atoms with Gasteiger partial charge < -0.3 is 19.3 Å². The van der Waals surface area contributed by atoms with Crippen molar-refractivity contribution < 1.29 is 14.6 Å². The first-order valence-electron chi connectivity index (χ1n) is 13.4. The van der Waals surface area contributed by atoms with Gasteiger partial charge in [0.05, 0.1) is 19.4 Å². The third kappa shape index (κ3) is 5.96. The SMILES string of the molecule is COc1c(C(C)(C)C)cc(-c2ncc(C3CCN(C(=O)Cn4cc(CO)nc4C)CC3)s2)cc1C(C)(C)C. The molecule has 1 aliphatic rings. The zero-order valence-corrected chi connectivity index (χ0v) is 24.9. The smallest absolute Gasteiger partial charge is 0.242 e. The van der Waals surface area contributed by atoms with Crippen LogP contribution in [0, 0.1) is 6.92 Å². The molecule has 38 heavy (non-hydrogen) atoms. The molecule has 3 heterocycles. The minimum Gasteiger partial charge on any atom is -0.496 e. The molecule has 3 aromatic rings. The third-order valence-electron chi connectivity index (χ3n) is 7.42. The number of hydrogen-bond acceptors (Lipinski definition) is 6. The molecule has 0 aliphatic carbocycles. The van der Waals surface area contributed by atoms with E-state index in [1.54, 1.807) is 24.6 Å². The number of hydrogen-bond donors (Lipinski definition) is 1. The zero-order chi connectivity index (χ0) is 27.8. The minimum atomic E-state index is -0.115. The lowest BCUT2D eigenvalue weighted by Gasteiger charge is -2.31. The number of aromatic nitrogens is 3. The second-order valence-electron chi connectivity index (χ2n) is 12.4. The number of carbonyl (C=O) groups is 1. The maximum Gasteiger partial charge on any atom is 0.242 e. The zero-order valence-electron chi connectivity index (χ0n) is 24.1. The van der Waals surface area contributed by atoms with E-state index in [9.17, 15) is 9.90 Å². The van der Waals surface area contributed by atoms with Crippen LogP contribution in [0.2, 0.25) is 0 Å². The van der Waals surface area contributed by atoms with Gasteiger partial charge >= 0.3 is 0 Å². The Labute approximate surface area is 230 Å². The molecule has 1 aromatic carbocycles. The number of piperidine rings is 1. The monoisotopic (exact) mass is 538 g/mol. The van der Waals surface area contributed by atoms with Crippen molar-refractivity contribution in [2.24, 2.45) is 0 Å². The summed E-state index contributed by atoms with van der Waals surface area (Å²) in [6, 6.07) is 4.50. The molecular weight excluding hydrogens is 496 g/mol. The quantitative estimate of drug-likeness (QED) is 0.428. The number of benzene rings is 1.